The molecule has 0 bridgehead atoms. The number of hydrogen-bond donors (Lipinski definition) is 1. The second kappa shape index (κ2) is 8.95. The Bertz CT molecular complexity index is 883. The third-order valence-corrected chi connectivity index (χ3v) is 5.10. The highest BCUT2D eigenvalue weighted by Gasteiger charge is 2.22. The van der Waals surface area contributed by atoms with E-state index in [1.165, 1.54) is 5.56 Å². The first-order valence-electron chi connectivity index (χ1n) is 9.80. The average molecular weight is 374 g/mol. The minimum Gasteiger partial charge on any atom is -0.369 e. The summed E-state index contributed by atoms with van der Waals surface area (Å²) in [6.07, 6.45) is 4.73. The molecule has 0 aliphatic carbocycles. The van der Waals surface area contributed by atoms with Gasteiger partial charge in [-0.3, -0.25) is 9.88 Å². The number of aryl methyl sites for hydroxylation is 1. The number of nitrogens with one attached hydrogen (secondary N) is 1. The molecule has 5 nitrogen and oxygen atoms in total. The molecule has 3 heterocycles. The van der Waals surface area contributed by atoms with Crippen LogP contribution < -0.4 is 5.32 Å². The lowest BCUT2D eigenvalue weighted by Gasteiger charge is -2.32. The van der Waals surface area contributed by atoms with Crippen molar-refractivity contribution in [3.63, 3.8) is 0 Å². The van der Waals surface area contributed by atoms with Crippen LogP contribution in [0.5, 0.6) is 0 Å². The van der Waals surface area contributed by atoms with Crippen molar-refractivity contribution >= 4 is 11.5 Å². The van der Waals surface area contributed by atoms with Crippen LogP contribution in [0.25, 0.3) is 0 Å². The summed E-state index contributed by atoms with van der Waals surface area (Å²) in [5, 5.41) is 3.32. The smallest absolute Gasteiger partial charge is 0.133 e. The summed E-state index contributed by atoms with van der Waals surface area (Å²) in [5.74, 6) is 0.859. The first kappa shape index (κ1) is 18.6. The highest BCUT2D eigenvalue weighted by Crippen LogP contribution is 2.23. The van der Waals surface area contributed by atoms with E-state index in [1.54, 1.807) is 6.20 Å². The number of rotatable bonds is 6. The fourth-order valence-corrected chi connectivity index (χ4v) is 3.44. The van der Waals surface area contributed by atoms with Crippen molar-refractivity contribution in [3.05, 3.63) is 83.8 Å². The van der Waals surface area contributed by atoms with Gasteiger partial charge in [0.15, 0.2) is 0 Å². The van der Waals surface area contributed by atoms with Gasteiger partial charge in [0.05, 0.1) is 24.2 Å². The zero-order valence-corrected chi connectivity index (χ0v) is 16.2. The van der Waals surface area contributed by atoms with Gasteiger partial charge in [0.25, 0.3) is 0 Å². The number of anilines is 2. The van der Waals surface area contributed by atoms with E-state index in [0.717, 1.165) is 55.4 Å². The summed E-state index contributed by atoms with van der Waals surface area (Å²) in [6.45, 7) is 5.68. The Balaban J connectivity index is 1.35. The fraction of sp³-hybridized carbons (Fsp3) is 0.304. The first-order valence-corrected chi connectivity index (χ1v) is 9.80. The molecule has 3 aromatic rings. The quantitative estimate of drug-likeness (QED) is 0.703. The van der Waals surface area contributed by atoms with Crippen LogP contribution in [0.3, 0.4) is 0 Å². The largest absolute Gasteiger partial charge is 0.369 e. The van der Waals surface area contributed by atoms with Gasteiger partial charge in [-0.25, -0.2) is 4.98 Å². The van der Waals surface area contributed by atoms with E-state index in [0.29, 0.717) is 0 Å². The SMILES string of the molecule is Cc1cccnc1Nc1ccc([C@@H]2CN(CCc3ccccc3)CCO2)nc1. The Kier molecular flexibility index (Phi) is 5.95. The van der Waals surface area contributed by atoms with Gasteiger partial charge in [-0.05, 0) is 42.7 Å². The molecule has 0 amide bonds. The van der Waals surface area contributed by atoms with Gasteiger partial charge in [0.2, 0.25) is 0 Å². The summed E-state index contributed by atoms with van der Waals surface area (Å²) >= 11 is 0. The van der Waals surface area contributed by atoms with Gasteiger partial charge in [-0.2, -0.15) is 0 Å². The molecule has 4 rings (SSSR count). The molecule has 1 aliphatic heterocycles. The molecule has 2 aromatic heterocycles. The predicted molar refractivity (Wildman–Crippen MR) is 112 cm³/mol. The molecule has 28 heavy (non-hydrogen) atoms. The molecule has 0 saturated carbocycles. The summed E-state index contributed by atoms with van der Waals surface area (Å²) in [5.41, 5.74) is 4.40. The van der Waals surface area contributed by atoms with Gasteiger partial charge in [0, 0.05) is 25.8 Å². The van der Waals surface area contributed by atoms with Gasteiger partial charge in [-0.15, -0.1) is 0 Å². The van der Waals surface area contributed by atoms with Gasteiger partial charge < -0.3 is 10.1 Å². The molecule has 0 spiro atoms. The lowest BCUT2D eigenvalue weighted by Crippen LogP contribution is -2.39. The second-order valence-corrected chi connectivity index (χ2v) is 7.16. The van der Waals surface area contributed by atoms with Crippen molar-refractivity contribution < 1.29 is 4.74 Å². The predicted octanol–water partition coefficient (Wildman–Crippen LogP) is 4.14. The van der Waals surface area contributed by atoms with Crippen LogP contribution in [0.4, 0.5) is 11.5 Å². The summed E-state index contributed by atoms with van der Waals surface area (Å²) in [4.78, 5) is 11.5. The van der Waals surface area contributed by atoms with Crippen LogP contribution >= 0.6 is 0 Å². The molecule has 5 heteroatoms. The Morgan fingerprint density at radius 2 is 1.96 bits per heavy atom. The Morgan fingerprint density at radius 3 is 2.75 bits per heavy atom. The van der Waals surface area contributed by atoms with Crippen LogP contribution in [-0.2, 0) is 11.2 Å². The van der Waals surface area contributed by atoms with Gasteiger partial charge in [0.1, 0.15) is 11.9 Å². The minimum absolute atomic E-state index is 0.0233. The average Bonchev–Trinajstić information content (AvgIpc) is 2.75. The fourth-order valence-electron chi connectivity index (χ4n) is 3.44. The number of morpholine rings is 1. The molecular weight excluding hydrogens is 348 g/mol. The van der Waals surface area contributed by atoms with E-state index in [2.05, 4.69) is 50.5 Å². The zero-order valence-electron chi connectivity index (χ0n) is 16.2. The number of pyridine rings is 2. The summed E-state index contributed by atoms with van der Waals surface area (Å²) < 4.78 is 5.99. The topological polar surface area (TPSA) is 50.3 Å². The molecule has 1 aromatic carbocycles. The highest BCUT2D eigenvalue weighted by molar-refractivity contribution is 5.57. The number of hydrogen-bond acceptors (Lipinski definition) is 5. The Labute approximate surface area is 166 Å². The van der Waals surface area contributed by atoms with Gasteiger partial charge in [-0.1, -0.05) is 36.4 Å². The van der Waals surface area contributed by atoms with Crippen molar-refractivity contribution in [1.29, 1.82) is 0 Å². The van der Waals surface area contributed by atoms with E-state index < -0.39 is 0 Å². The number of benzene rings is 1. The number of ether oxygens (including phenoxy) is 1. The molecule has 144 valence electrons. The van der Waals surface area contributed by atoms with E-state index in [4.69, 9.17) is 4.74 Å². The number of aromatic nitrogens is 2. The highest BCUT2D eigenvalue weighted by atomic mass is 16.5. The van der Waals surface area contributed by atoms with Crippen LogP contribution in [0.15, 0.2) is 67.0 Å². The maximum atomic E-state index is 5.99. The molecule has 1 saturated heterocycles. The van der Waals surface area contributed by atoms with Crippen molar-refractivity contribution in [2.45, 2.75) is 19.4 Å². The molecule has 1 aliphatic rings. The van der Waals surface area contributed by atoms with E-state index in [9.17, 15) is 0 Å². The zero-order chi connectivity index (χ0) is 19.2. The monoisotopic (exact) mass is 374 g/mol. The standard InChI is InChI=1S/C23H26N4O/c1-18-6-5-12-24-23(18)26-20-9-10-21(25-16-20)22-17-27(14-15-28-22)13-11-19-7-3-2-4-8-19/h2-10,12,16,22H,11,13-15,17H2,1H3,(H,24,26)/t22-/m0/s1. The van der Waals surface area contributed by atoms with E-state index in [-0.39, 0.29) is 6.10 Å². The Hall–Kier alpha value is -2.76. The molecule has 0 radical (unpaired) electrons. The lowest BCUT2D eigenvalue weighted by atomic mass is 10.1. The minimum atomic E-state index is 0.0233. The Morgan fingerprint density at radius 1 is 1.07 bits per heavy atom. The normalized spacial score (nSPS) is 17.4. The molecule has 1 N–H and O–H groups in total. The van der Waals surface area contributed by atoms with E-state index in [1.807, 2.05) is 37.4 Å². The van der Waals surface area contributed by atoms with Crippen molar-refractivity contribution in [2.75, 3.05) is 31.6 Å². The van der Waals surface area contributed by atoms with Crippen LogP contribution in [0.1, 0.15) is 22.9 Å². The summed E-state index contributed by atoms with van der Waals surface area (Å²) in [6, 6.07) is 18.7. The third-order valence-electron chi connectivity index (χ3n) is 5.10. The lowest BCUT2D eigenvalue weighted by molar-refractivity contribution is -0.0316. The first-order chi connectivity index (χ1) is 13.8. The molecular formula is C23H26N4O. The second-order valence-electron chi connectivity index (χ2n) is 7.16. The maximum Gasteiger partial charge on any atom is 0.133 e. The molecule has 1 fully saturated rings. The third kappa shape index (κ3) is 4.74. The van der Waals surface area contributed by atoms with E-state index >= 15 is 0 Å². The van der Waals surface area contributed by atoms with Crippen LogP contribution in [-0.4, -0.2) is 41.1 Å². The maximum absolute atomic E-state index is 5.99. The number of nitrogens with zero attached hydrogens (tertiary/aromatic N) is 3. The van der Waals surface area contributed by atoms with Crippen molar-refractivity contribution in [3.8, 4) is 0 Å². The summed E-state index contributed by atoms with van der Waals surface area (Å²) in [7, 11) is 0. The van der Waals surface area contributed by atoms with Crippen molar-refractivity contribution in [1.82, 2.24) is 14.9 Å². The van der Waals surface area contributed by atoms with Crippen LogP contribution in [0, 0.1) is 6.92 Å². The molecule has 1 atom stereocenters. The van der Waals surface area contributed by atoms with Crippen LogP contribution in [0.2, 0.25) is 0 Å². The van der Waals surface area contributed by atoms with Gasteiger partial charge >= 0.3 is 0 Å². The van der Waals surface area contributed by atoms with Crippen molar-refractivity contribution in [2.24, 2.45) is 0 Å². The molecule has 0 unspecified atom stereocenters.